The summed E-state index contributed by atoms with van der Waals surface area (Å²) >= 11 is 0. The molecule has 0 spiro atoms. The van der Waals surface area contributed by atoms with Crippen molar-refractivity contribution < 1.29 is 9.53 Å². The second-order valence-electron chi connectivity index (χ2n) is 7.17. The molecule has 2 aliphatic heterocycles. The molecule has 2 aromatic carbocycles. The summed E-state index contributed by atoms with van der Waals surface area (Å²) in [5, 5.41) is 0. The minimum atomic E-state index is 0.134. The van der Waals surface area contributed by atoms with Crippen LogP contribution in [0.5, 0.6) is 5.75 Å². The third-order valence-corrected chi connectivity index (χ3v) is 5.80. The molecule has 0 unspecified atom stereocenters. The van der Waals surface area contributed by atoms with Crippen molar-refractivity contribution >= 4 is 11.6 Å². The van der Waals surface area contributed by atoms with Crippen LogP contribution in [0.1, 0.15) is 53.1 Å². The molecule has 2 heterocycles. The molecule has 3 heteroatoms. The van der Waals surface area contributed by atoms with Crippen molar-refractivity contribution in [2.45, 2.75) is 31.6 Å². The standard InChI is InChI=1S/C23H21NO2/c1-26-16-12-10-15(11-13-16)20-14-22-17-6-2-3-8-19(17)23(25)24(22)21-9-5-4-7-18(20)21/h2-3,6,8,10-14,20H,4-5,7,9H2,1H3/t20-/m0/s1. The summed E-state index contributed by atoms with van der Waals surface area (Å²) < 4.78 is 5.31. The van der Waals surface area contributed by atoms with Crippen molar-refractivity contribution in [1.29, 1.82) is 0 Å². The number of benzene rings is 2. The number of rotatable bonds is 2. The number of hydrogen-bond acceptors (Lipinski definition) is 2. The molecule has 0 saturated carbocycles. The van der Waals surface area contributed by atoms with Gasteiger partial charge in [-0.3, -0.25) is 9.69 Å². The molecule has 0 bridgehead atoms. The summed E-state index contributed by atoms with van der Waals surface area (Å²) in [5.41, 5.74) is 6.86. The Morgan fingerprint density at radius 3 is 2.46 bits per heavy atom. The Hall–Kier alpha value is -2.81. The van der Waals surface area contributed by atoms with E-state index in [9.17, 15) is 4.79 Å². The van der Waals surface area contributed by atoms with Crippen LogP contribution in [-0.2, 0) is 0 Å². The van der Waals surface area contributed by atoms with Gasteiger partial charge in [0.25, 0.3) is 5.91 Å². The lowest BCUT2D eigenvalue weighted by Gasteiger charge is -2.36. The number of nitrogens with zero attached hydrogens (tertiary/aromatic N) is 1. The van der Waals surface area contributed by atoms with E-state index in [1.807, 2.05) is 35.2 Å². The number of allylic oxidation sites excluding steroid dienone is 3. The fourth-order valence-electron chi connectivity index (χ4n) is 4.55. The van der Waals surface area contributed by atoms with E-state index in [4.69, 9.17) is 4.74 Å². The van der Waals surface area contributed by atoms with Crippen molar-refractivity contribution in [3.8, 4) is 5.75 Å². The predicted octanol–water partition coefficient (Wildman–Crippen LogP) is 5.12. The first-order valence-corrected chi connectivity index (χ1v) is 9.29. The van der Waals surface area contributed by atoms with Gasteiger partial charge in [-0.1, -0.05) is 30.3 Å². The monoisotopic (exact) mass is 343 g/mol. The van der Waals surface area contributed by atoms with Gasteiger partial charge in [0, 0.05) is 22.7 Å². The summed E-state index contributed by atoms with van der Waals surface area (Å²) in [4.78, 5) is 15.0. The van der Waals surface area contributed by atoms with Crippen LogP contribution in [0.15, 0.2) is 65.9 Å². The number of methoxy groups -OCH3 is 1. The fraction of sp³-hybridized carbons (Fsp3) is 0.261. The van der Waals surface area contributed by atoms with Gasteiger partial charge in [-0.15, -0.1) is 0 Å². The van der Waals surface area contributed by atoms with Crippen LogP contribution in [0.25, 0.3) is 5.70 Å². The molecule has 26 heavy (non-hydrogen) atoms. The molecule has 0 saturated heterocycles. The fourth-order valence-corrected chi connectivity index (χ4v) is 4.55. The van der Waals surface area contributed by atoms with E-state index >= 15 is 0 Å². The molecular weight excluding hydrogens is 322 g/mol. The van der Waals surface area contributed by atoms with Crippen molar-refractivity contribution in [2.24, 2.45) is 0 Å². The second kappa shape index (κ2) is 5.87. The third-order valence-electron chi connectivity index (χ3n) is 5.80. The molecule has 1 amide bonds. The zero-order chi connectivity index (χ0) is 17.7. The number of carbonyl (C=O) groups excluding carboxylic acids is 1. The van der Waals surface area contributed by atoms with Crippen LogP contribution in [0.4, 0.5) is 0 Å². The summed E-state index contributed by atoms with van der Waals surface area (Å²) in [6.45, 7) is 0. The number of ether oxygens (including phenoxy) is 1. The lowest BCUT2D eigenvalue weighted by atomic mass is 9.79. The van der Waals surface area contributed by atoms with Crippen LogP contribution >= 0.6 is 0 Å². The van der Waals surface area contributed by atoms with Gasteiger partial charge >= 0.3 is 0 Å². The van der Waals surface area contributed by atoms with Gasteiger partial charge in [0.05, 0.1) is 12.8 Å². The van der Waals surface area contributed by atoms with Gasteiger partial charge in [0.2, 0.25) is 0 Å². The van der Waals surface area contributed by atoms with Crippen LogP contribution in [0.3, 0.4) is 0 Å². The lowest BCUT2D eigenvalue weighted by Crippen LogP contribution is -2.29. The normalized spacial score (nSPS) is 21.1. The Balaban J connectivity index is 1.67. The molecular formula is C23H21NO2. The largest absolute Gasteiger partial charge is 0.497 e. The summed E-state index contributed by atoms with van der Waals surface area (Å²) in [7, 11) is 1.69. The Kier molecular flexibility index (Phi) is 3.49. The molecule has 0 N–H and O–H groups in total. The first-order chi connectivity index (χ1) is 12.8. The Bertz CT molecular complexity index is 952. The maximum atomic E-state index is 13.0. The summed E-state index contributed by atoms with van der Waals surface area (Å²) in [6, 6.07) is 16.3. The molecule has 5 rings (SSSR count). The van der Waals surface area contributed by atoms with Crippen LogP contribution in [0.2, 0.25) is 0 Å². The third kappa shape index (κ3) is 2.16. The van der Waals surface area contributed by atoms with Crippen molar-refractivity contribution in [3.63, 3.8) is 0 Å². The SMILES string of the molecule is COc1ccc([C@@H]2C=C3c4ccccc4C(=O)N3C3=C2CCCC3)cc1. The molecule has 0 fully saturated rings. The Labute approximate surface area is 153 Å². The van der Waals surface area contributed by atoms with Gasteiger partial charge in [0.1, 0.15) is 5.75 Å². The molecule has 130 valence electrons. The zero-order valence-corrected chi connectivity index (χ0v) is 14.9. The number of hydrogen-bond donors (Lipinski definition) is 0. The van der Waals surface area contributed by atoms with E-state index in [2.05, 4.69) is 24.3 Å². The number of amides is 1. The van der Waals surface area contributed by atoms with Crippen LogP contribution < -0.4 is 4.74 Å². The van der Waals surface area contributed by atoms with Gasteiger partial charge in [-0.2, -0.15) is 0 Å². The molecule has 3 aliphatic rings. The van der Waals surface area contributed by atoms with E-state index in [1.165, 1.54) is 23.3 Å². The molecule has 2 aromatic rings. The highest BCUT2D eigenvalue weighted by molar-refractivity contribution is 6.11. The summed E-state index contributed by atoms with van der Waals surface area (Å²) in [6.07, 6.45) is 6.69. The van der Waals surface area contributed by atoms with Gasteiger partial charge in [-0.25, -0.2) is 0 Å². The molecule has 3 nitrogen and oxygen atoms in total. The van der Waals surface area contributed by atoms with Crippen molar-refractivity contribution in [3.05, 3.63) is 82.6 Å². The Morgan fingerprint density at radius 1 is 0.962 bits per heavy atom. The first kappa shape index (κ1) is 15.4. The Morgan fingerprint density at radius 2 is 1.69 bits per heavy atom. The average molecular weight is 343 g/mol. The topological polar surface area (TPSA) is 29.5 Å². The molecule has 1 aliphatic carbocycles. The quantitative estimate of drug-likeness (QED) is 0.758. The van der Waals surface area contributed by atoms with E-state index in [0.717, 1.165) is 41.8 Å². The van der Waals surface area contributed by atoms with Gasteiger partial charge < -0.3 is 4.74 Å². The highest BCUT2D eigenvalue weighted by Gasteiger charge is 2.40. The summed E-state index contributed by atoms with van der Waals surface area (Å²) in [5.74, 6) is 1.24. The van der Waals surface area contributed by atoms with Gasteiger partial charge in [0.15, 0.2) is 0 Å². The highest BCUT2D eigenvalue weighted by atomic mass is 16.5. The van der Waals surface area contributed by atoms with Crippen LogP contribution in [-0.4, -0.2) is 17.9 Å². The number of fused-ring (bicyclic) bond motifs is 4. The minimum absolute atomic E-state index is 0.134. The maximum absolute atomic E-state index is 13.0. The van der Waals surface area contributed by atoms with E-state index < -0.39 is 0 Å². The molecule has 0 radical (unpaired) electrons. The van der Waals surface area contributed by atoms with Crippen molar-refractivity contribution in [1.82, 2.24) is 4.90 Å². The molecule has 0 aromatic heterocycles. The van der Waals surface area contributed by atoms with Crippen molar-refractivity contribution in [2.75, 3.05) is 7.11 Å². The zero-order valence-electron chi connectivity index (χ0n) is 14.9. The average Bonchev–Trinajstić information content (AvgIpc) is 3.00. The van der Waals surface area contributed by atoms with Crippen LogP contribution in [0, 0.1) is 0 Å². The maximum Gasteiger partial charge on any atom is 0.263 e. The molecule has 1 atom stereocenters. The van der Waals surface area contributed by atoms with E-state index in [-0.39, 0.29) is 11.8 Å². The lowest BCUT2D eigenvalue weighted by molar-refractivity contribution is 0.0872. The van der Waals surface area contributed by atoms with E-state index in [1.54, 1.807) is 7.11 Å². The first-order valence-electron chi connectivity index (χ1n) is 9.29. The highest BCUT2D eigenvalue weighted by Crippen LogP contribution is 2.49. The predicted molar refractivity (Wildman–Crippen MR) is 102 cm³/mol. The van der Waals surface area contributed by atoms with E-state index in [0.29, 0.717) is 0 Å². The number of carbonyl (C=O) groups is 1. The minimum Gasteiger partial charge on any atom is -0.497 e. The second-order valence-corrected chi connectivity index (χ2v) is 7.17. The van der Waals surface area contributed by atoms with Gasteiger partial charge in [-0.05, 0) is 61.1 Å². The smallest absolute Gasteiger partial charge is 0.263 e.